The highest BCUT2D eigenvalue weighted by atomic mass is 16.5. The van der Waals surface area contributed by atoms with Crippen molar-refractivity contribution in [1.29, 1.82) is 0 Å². The van der Waals surface area contributed by atoms with Gasteiger partial charge in [-0.25, -0.2) is 0 Å². The summed E-state index contributed by atoms with van der Waals surface area (Å²) in [5.74, 6) is -1.72. The van der Waals surface area contributed by atoms with Crippen LogP contribution in [0.1, 0.15) is 51.9 Å². The summed E-state index contributed by atoms with van der Waals surface area (Å²) in [5.41, 5.74) is -1.65. The van der Waals surface area contributed by atoms with Crippen LogP contribution >= 0.6 is 0 Å². The van der Waals surface area contributed by atoms with Crippen LogP contribution in [0, 0.1) is 11.8 Å². The van der Waals surface area contributed by atoms with E-state index in [9.17, 15) is 14.4 Å². The molecule has 4 fully saturated rings. The minimum atomic E-state index is -0.960. The molecule has 4 rings (SSSR count). The van der Waals surface area contributed by atoms with Crippen molar-refractivity contribution in [2.45, 2.75) is 69.1 Å². The first-order valence-electron chi connectivity index (χ1n) is 13.3. The smallest absolute Gasteiger partial charge is 0.245 e. The second kappa shape index (κ2) is 11.1. The molecule has 0 aromatic carbocycles. The molecule has 5 atom stereocenters. The van der Waals surface area contributed by atoms with Crippen molar-refractivity contribution >= 4 is 17.7 Å². The number of fused-ring (bicyclic) bond motifs is 1. The summed E-state index contributed by atoms with van der Waals surface area (Å²) in [7, 11) is 1.60. The third-order valence-corrected chi connectivity index (χ3v) is 8.60. The Kier molecular flexibility index (Phi) is 8.35. The number of aliphatic hydroxyl groups is 1. The van der Waals surface area contributed by atoms with E-state index in [4.69, 9.17) is 14.6 Å². The monoisotopic (exact) mass is 494 g/mol. The van der Waals surface area contributed by atoms with Gasteiger partial charge >= 0.3 is 0 Å². The van der Waals surface area contributed by atoms with Gasteiger partial charge in [-0.2, -0.15) is 0 Å². The molecule has 3 amide bonds. The maximum Gasteiger partial charge on any atom is 0.245 e. The van der Waals surface area contributed by atoms with Crippen molar-refractivity contribution < 1.29 is 29.0 Å². The highest BCUT2D eigenvalue weighted by Gasteiger charge is 2.78. The van der Waals surface area contributed by atoms with Crippen molar-refractivity contribution in [3.63, 3.8) is 0 Å². The number of hydrogen-bond acceptors (Lipinski definition) is 7. The lowest BCUT2D eigenvalue weighted by Gasteiger charge is -2.34. The number of carbonyl (C=O) groups excluding carboxylic acids is 3. The molecule has 0 aliphatic carbocycles. The predicted molar refractivity (Wildman–Crippen MR) is 128 cm³/mol. The molecule has 10 nitrogen and oxygen atoms in total. The first-order chi connectivity index (χ1) is 16.9. The molecule has 1 spiro atoms. The molecule has 3 N–H and O–H groups in total. The van der Waals surface area contributed by atoms with E-state index >= 15 is 0 Å². The molecule has 4 aliphatic rings. The normalized spacial score (nSPS) is 34.3. The standard InChI is InChI=1S/C25H42N4O6/c1-3-24-8-9-25(35-24)19(18(24)21(31)26-2)23(33)29(11-6-4-5-7-15-30)20(25)22(32)27-10-12-28-13-16-34-17-14-28/h18-20,30H,3-17H2,1-2H3,(H,26,31)(H,27,32)/t18-,19+,20?,24+,25?/m1/s1. The van der Waals surface area contributed by atoms with E-state index in [1.165, 1.54) is 0 Å². The molecule has 35 heavy (non-hydrogen) atoms. The number of likely N-dealkylation sites (tertiary alicyclic amines) is 1. The van der Waals surface area contributed by atoms with E-state index in [1.54, 1.807) is 11.9 Å². The molecule has 4 saturated heterocycles. The third kappa shape index (κ3) is 4.70. The van der Waals surface area contributed by atoms with E-state index in [0.717, 1.165) is 45.3 Å². The zero-order valence-corrected chi connectivity index (χ0v) is 21.2. The average Bonchev–Trinajstić information content (AvgIpc) is 3.47. The highest BCUT2D eigenvalue weighted by Crippen LogP contribution is 2.64. The van der Waals surface area contributed by atoms with E-state index in [-0.39, 0.29) is 24.3 Å². The largest absolute Gasteiger partial charge is 0.396 e. The van der Waals surface area contributed by atoms with Crippen molar-refractivity contribution in [2.24, 2.45) is 11.8 Å². The number of unbranched alkanes of at least 4 members (excludes halogenated alkanes) is 3. The Morgan fingerprint density at radius 2 is 1.83 bits per heavy atom. The number of hydrogen-bond donors (Lipinski definition) is 3. The summed E-state index contributed by atoms with van der Waals surface area (Å²) in [4.78, 5) is 44.5. The lowest BCUT2D eigenvalue weighted by molar-refractivity contribution is -0.147. The molecule has 0 aromatic heterocycles. The first-order valence-corrected chi connectivity index (χ1v) is 13.3. The minimum Gasteiger partial charge on any atom is -0.396 e. The maximum absolute atomic E-state index is 13.8. The number of rotatable bonds is 12. The number of amides is 3. The van der Waals surface area contributed by atoms with Gasteiger partial charge in [-0.15, -0.1) is 0 Å². The van der Waals surface area contributed by atoms with Crippen LogP contribution in [-0.2, 0) is 23.9 Å². The van der Waals surface area contributed by atoms with Gasteiger partial charge in [-0.3, -0.25) is 19.3 Å². The predicted octanol–water partition coefficient (Wildman–Crippen LogP) is -0.112. The van der Waals surface area contributed by atoms with Crippen LogP contribution in [-0.4, -0.2) is 109 Å². The van der Waals surface area contributed by atoms with E-state index in [0.29, 0.717) is 45.6 Å². The van der Waals surface area contributed by atoms with E-state index < -0.39 is 29.1 Å². The fraction of sp³-hybridized carbons (Fsp3) is 0.880. The number of carbonyl (C=O) groups is 3. The molecule has 10 heteroatoms. The molecular weight excluding hydrogens is 452 g/mol. The molecule has 4 heterocycles. The van der Waals surface area contributed by atoms with Crippen LogP contribution in [0.5, 0.6) is 0 Å². The second-order valence-electron chi connectivity index (χ2n) is 10.4. The van der Waals surface area contributed by atoms with Gasteiger partial charge < -0.3 is 30.1 Å². The number of nitrogens with zero attached hydrogens (tertiary/aromatic N) is 2. The van der Waals surface area contributed by atoms with Gasteiger partial charge in [0.2, 0.25) is 17.7 Å². The Morgan fingerprint density at radius 3 is 2.51 bits per heavy atom. The molecule has 0 radical (unpaired) electrons. The average molecular weight is 495 g/mol. The van der Waals surface area contributed by atoms with E-state index in [2.05, 4.69) is 15.5 Å². The molecule has 4 aliphatic heterocycles. The van der Waals surface area contributed by atoms with Crippen LogP contribution in [0.4, 0.5) is 0 Å². The van der Waals surface area contributed by atoms with Gasteiger partial charge in [-0.1, -0.05) is 19.8 Å². The maximum atomic E-state index is 13.8. The fourth-order valence-corrected chi connectivity index (χ4v) is 6.82. The highest BCUT2D eigenvalue weighted by molar-refractivity contribution is 5.99. The quantitative estimate of drug-likeness (QED) is 0.324. The van der Waals surface area contributed by atoms with Gasteiger partial charge in [-0.05, 0) is 32.1 Å². The summed E-state index contributed by atoms with van der Waals surface area (Å²) in [6.45, 7) is 6.92. The zero-order chi connectivity index (χ0) is 25.1. The molecule has 2 bridgehead atoms. The molecular formula is C25H42N4O6. The van der Waals surface area contributed by atoms with Crippen LogP contribution < -0.4 is 10.6 Å². The van der Waals surface area contributed by atoms with Gasteiger partial charge in [0.05, 0.1) is 30.7 Å². The van der Waals surface area contributed by atoms with Gasteiger partial charge in [0, 0.05) is 46.4 Å². The minimum absolute atomic E-state index is 0.135. The number of morpholine rings is 1. The van der Waals surface area contributed by atoms with Gasteiger partial charge in [0.25, 0.3) is 0 Å². The second-order valence-corrected chi connectivity index (χ2v) is 10.4. The van der Waals surface area contributed by atoms with Crippen molar-refractivity contribution in [2.75, 3.05) is 59.6 Å². The fourth-order valence-electron chi connectivity index (χ4n) is 6.82. The topological polar surface area (TPSA) is 120 Å². The van der Waals surface area contributed by atoms with Crippen molar-refractivity contribution in [3.8, 4) is 0 Å². The summed E-state index contributed by atoms with van der Waals surface area (Å²) >= 11 is 0. The summed E-state index contributed by atoms with van der Waals surface area (Å²) < 4.78 is 12.1. The SMILES string of the molecule is CC[C@@]12CCC3(O1)C(C(=O)NCCN1CCOCC1)N(CCCCCCO)C(=O)[C@@H]3[C@@H]2C(=O)NC. The van der Waals surface area contributed by atoms with Crippen molar-refractivity contribution in [1.82, 2.24) is 20.4 Å². The number of nitrogens with one attached hydrogen (secondary N) is 2. The summed E-state index contributed by atoms with van der Waals surface area (Å²) in [6.07, 6.45) is 5.12. The Morgan fingerprint density at radius 1 is 1.09 bits per heavy atom. The van der Waals surface area contributed by atoms with Crippen LogP contribution in [0.3, 0.4) is 0 Å². The Hall–Kier alpha value is -1.75. The number of ether oxygens (including phenoxy) is 2. The molecule has 0 saturated carbocycles. The molecule has 198 valence electrons. The summed E-state index contributed by atoms with van der Waals surface area (Å²) in [5, 5.41) is 14.9. The first kappa shape index (κ1) is 26.3. The lowest BCUT2D eigenvalue weighted by Crippen LogP contribution is -2.56. The summed E-state index contributed by atoms with van der Waals surface area (Å²) in [6, 6.07) is -0.731. The Labute approximate surface area is 208 Å². The Bertz CT molecular complexity index is 790. The molecule has 0 aromatic rings. The van der Waals surface area contributed by atoms with Crippen LogP contribution in [0.15, 0.2) is 0 Å². The lowest BCUT2D eigenvalue weighted by atomic mass is 9.65. The van der Waals surface area contributed by atoms with Crippen LogP contribution in [0.25, 0.3) is 0 Å². The molecule has 2 unspecified atom stereocenters. The zero-order valence-electron chi connectivity index (χ0n) is 21.2. The Balaban J connectivity index is 1.53. The van der Waals surface area contributed by atoms with E-state index in [1.807, 2.05) is 6.92 Å². The van der Waals surface area contributed by atoms with Gasteiger partial charge in [0.15, 0.2) is 0 Å². The van der Waals surface area contributed by atoms with Crippen molar-refractivity contribution in [3.05, 3.63) is 0 Å². The number of aliphatic hydroxyl groups excluding tert-OH is 1. The van der Waals surface area contributed by atoms with Gasteiger partial charge in [0.1, 0.15) is 11.6 Å². The third-order valence-electron chi connectivity index (χ3n) is 8.60. The van der Waals surface area contributed by atoms with Crippen LogP contribution in [0.2, 0.25) is 0 Å².